The molecule has 7 heteroatoms. The smallest absolute Gasteiger partial charge is 0.237 e. The van der Waals surface area contributed by atoms with Crippen molar-refractivity contribution in [1.29, 1.82) is 0 Å². The quantitative estimate of drug-likeness (QED) is 0.214. The Morgan fingerprint density at radius 2 is 1.33 bits per heavy atom. The van der Waals surface area contributed by atoms with Gasteiger partial charge in [0.05, 0.1) is 24.2 Å². The Hall–Kier alpha value is -3.45. The standard InChI is InChI=1S/C26H26N4O2S/c1-19-7-11-21(12-8-19)31-16-15-29-23-5-3-4-6-24(23)30-25(29)27-28-26(30)33-18-17-32-22-13-9-20(2)10-14-22/h3-14H,15-18H2,1-2H3. The van der Waals surface area contributed by atoms with E-state index in [2.05, 4.69) is 75.5 Å². The molecule has 33 heavy (non-hydrogen) atoms. The summed E-state index contributed by atoms with van der Waals surface area (Å²) in [6, 6.07) is 24.6. The zero-order valence-corrected chi connectivity index (χ0v) is 19.6. The summed E-state index contributed by atoms with van der Waals surface area (Å²) in [6.07, 6.45) is 0. The van der Waals surface area contributed by atoms with Crippen LogP contribution in [0.15, 0.2) is 78.0 Å². The highest BCUT2D eigenvalue weighted by molar-refractivity contribution is 7.99. The Morgan fingerprint density at radius 3 is 2.00 bits per heavy atom. The van der Waals surface area contributed by atoms with Crippen LogP contribution in [0.1, 0.15) is 11.1 Å². The number of nitrogens with zero attached hydrogens (tertiary/aromatic N) is 4. The van der Waals surface area contributed by atoms with Crippen LogP contribution in [-0.2, 0) is 6.54 Å². The van der Waals surface area contributed by atoms with Crippen molar-refractivity contribution >= 4 is 28.6 Å². The second kappa shape index (κ2) is 9.58. The minimum absolute atomic E-state index is 0.553. The monoisotopic (exact) mass is 458 g/mol. The lowest BCUT2D eigenvalue weighted by atomic mass is 10.2. The molecule has 0 spiro atoms. The van der Waals surface area contributed by atoms with Gasteiger partial charge in [-0.25, -0.2) is 0 Å². The van der Waals surface area contributed by atoms with Crippen molar-refractivity contribution < 1.29 is 9.47 Å². The summed E-state index contributed by atoms with van der Waals surface area (Å²) in [5.41, 5.74) is 4.66. The van der Waals surface area contributed by atoms with E-state index in [4.69, 9.17) is 9.47 Å². The highest BCUT2D eigenvalue weighted by Gasteiger charge is 2.17. The van der Waals surface area contributed by atoms with Crippen molar-refractivity contribution in [3.8, 4) is 11.5 Å². The Bertz CT molecular complexity index is 1360. The summed E-state index contributed by atoms with van der Waals surface area (Å²) in [4.78, 5) is 0. The molecule has 0 amide bonds. The number of benzene rings is 3. The van der Waals surface area contributed by atoms with Gasteiger partial charge < -0.3 is 14.0 Å². The molecule has 2 aromatic heterocycles. The summed E-state index contributed by atoms with van der Waals surface area (Å²) < 4.78 is 16.1. The van der Waals surface area contributed by atoms with E-state index in [9.17, 15) is 0 Å². The van der Waals surface area contributed by atoms with E-state index in [0.29, 0.717) is 19.8 Å². The van der Waals surface area contributed by atoms with Gasteiger partial charge in [0.2, 0.25) is 5.78 Å². The van der Waals surface area contributed by atoms with Crippen molar-refractivity contribution in [1.82, 2.24) is 19.2 Å². The average Bonchev–Trinajstić information content (AvgIpc) is 3.38. The lowest BCUT2D eigenvalue weighted by Gasteiger charge is -2.08. The fraction of sp³-hybridized carbons (Fsp3) is 0.231. The number of rotatable bonds is 9. The van der Waals surface area contributed by atoms with Crippen LogP contribution in [-0.4, -0.2) is 38.1 Å². The molecule has 0 radical (unpaired) electrons. The summed E-state index contributed by atoms with van der Waals surface area (Å²) in [5.74, 6) is 3.37. The van der Waals surface area contributed by atoms with Gasteiger partial charge in [-0.15, -0.1) is 10.2 Å². The van der Waals surface area contributed by atoms with Gasteiger partial charge in [-0.3, -0.25) is 4.40 Å². The molecule has 0 saturated carbocycles. The van der Waals surface area contributed by atoms with Crippen LogP contribution in [0.3, 0.4) is 0 Å². The van der Waals surface area contributed by atoms with E-state index in [1.165, 1.54) is 11.1 Å². The second-order valence-electron chi connectivity index (χ2n) is 7.93. The molecule has 0 atom stereocenters. The number of thioether (sulfide) groups is 1. The topological polar surface area (TPSA) is 53.6 Å². The predicted molar refractivity (Wildman–Crippen MR) is 133 cm³/mol. The zero-order valence-electron chi connectivity index (χ0n) is 18.8. The summed E-state index contributed by atoms with van der Waals surface area (Å²) in [7, 11) is 0. The molecule has 0 bridgehead atoms. The molecule has 2 heterocycles. The SMILES string of the molecule is Cc1ccc(OCCSc2nnc3n(CCOc4ccc(C)cc4)c4ccccc4n23)cc1. The van der Waals surface area contributed by atoms with Gasteiger partial charge in [-0.05, 0) is 50.2 Å². The maximum absolute atomic E-state index is 5.97. The van der Waals surface area contributed by atoms with Crippen molar-refractivity contribution in [2.75, 3.05) is 19.0 Å². The Balaban J connectivity index is 1.29. The molecule has 0 N–H and O–H groups in total. The van der Waals surface area contributed by atoms with Crippen LogP contribution in [0.5, 0.6) is 11.5 Å². The molecule has 0 unspecified atom stereocenters. The first-order valence-electron chi connectivity index (χ1n) is 11.0. The Kier molecular flexibility index (Phi) is 6.21. The summed E-state index contributed by atoms with van der Waals surface area (Å²) >= 11 is 1.65. The lowest BCUT2D eigenvalue weighted by Crippen LogP contribution is -2.08. The average molecular weight is 459 g/mol. The molecule has 0 aliphatic heterocycles. The first-order valence-corrected chi connectivity index (χ1v) is 12.0. The van der Waals surface area contributed by atoms with Crippen LogP contribution in [0.25, 0.3) is 16.8 Å². The minimum Gasteiger partial charge on any atom is -0.493 e. The molecule has 5 rings (SSSR count). The van der Waals surface area contributed by atoms with Gasteiger partial charge in [0.1, 0.15) is 18.1 Å². The van der Waals surface area contributed by atoms with Crippen molar-refractivity contribution in [3.63, 3.8) is 0 Å². The number of hydrogen-bond acceptors (Lipinski definition) is 5. The van der Waals surface area contributed by atoms with Crippen molar-refractivity contribution in [2.24, 2.45) is 0 Å². The molecular formula is C26H26N4O2S. The fourth-order valence-electron chi connectivity index (χ4n) is 3.77. The van der Waals surface area contributed by atoms with Gasteiger partial charge in [0.15, 0.2) is 5.16 Å². The molecular weight excluding hydrogens is 432 g/mol. The Labute approximate surface area is 197 Å². The van der Waals surface area contributed by atoms with Crippen molar-refractivity contribution in [2.45, 2.75) is 25.5 Å². The number of aromatic nitrogens is 4. The van der Waals surface area contributed by atoms with Crippen LogP contribution in [0, 0.1) is 13.8 Å². The molecule has 0 aliphatic carbocycles. The largest absolute Gasteiger partial charge is 0.493 e. The van der Waals surface area contributed by atoms with Crippen LogP contribution >= 0.6 is 11.8 Å². The molecule has 0 fully saturated rings. The minimum atomic E-state index is 0.553. The second-order valence-corrected chi connectivity index (χ2v) is 8.99. The fourth-order valence-corrected chi connectivity index (χ4v) is 4.52. The third-order valence-corrected chi connectivity index (χ3v) is 6.37. The van der Waals surface area contributed by atoms with E-state index in [1.807, 2.05) is 30.3 Å². The first-order chi connectivity index (χ1) is 16.2. The summed E-state index contributed by atoms with van der Waals surface area (Å²) in [6.45, 7) is 5.98. The molecule has 168 valence electrons. The number of para-hydroxylation sites is 2. The number of fused-ring (bicyclic) bond motifs is 3. The van der Waals surface area contributed by atoms with Gasteiger partial charge in [0, 0.05) is 5.75 Å². The lowest BCUT2D eigenvalue weighted by molar-refractivity contribution is 0.301. The first kappa shape index (κ1) is 21.4. The normalized spacial score (nSPS) is 11.3. The number of aryl methyl sites for hydroxylation is 2. The van der Waals surface area contributed by atoms with E-state index >= 15 is 0 Å². The maximum atomic E-state index is 5.97. The molecule has 0 saturated heterocycles. The van der Waals surface area contributed by atoms with Gasteiger partial charge >= 0.3 is 0 Å². The number of imidazole rings is 1. The van der Waals surface area contributed by atoms with E-state index in [-0.39, 0.29) is 0 Å². The predicted octanol–water partition coefficient (Wildman–Crippen LogP) is 5.55. The van der Waals surface area contributed by atoms with Crippen LogP contribution in [0.4, 0.5) is 0 Å². The molecule has 5 aromatic rings. The van der Waals surface area contributed by atoms with Gasteiger partial charge in [-0.1, -0.05) is 59.3 Å². The summed E-state index contributed by atoms with van der Waals surface area (Å²) in [5, 5.41) is 9.82. The third-order valence-electron chi connectivity index (χ3n) is 5.48. The highest BCUT2D eigenvalue weighted by Crippen LogP contribution is 2.26. The molecule has 3 aromatic carbocycles. The van der Waals surface area contributed by atoms with Crippen molar-refractivity contribution in [3.05, 3.63) is 83.9 Å². The Morgan fingerprint density at radius 1 is 0.727 bits per heavy atom. The number of ether oxygens (including phenoxy) is 2. The van der Waals surface area contributed by atoms with Crippen LogP contribution in [0.2, 0.25) is 0 Å². The molecule has 6 nitrogen and oxygen atoms in total. The third kappa shape index (κ3) is 4.68. The maximum Gasteiger partial charge on any atom is 0.237 e. The van der Waals surface area contributed by atoms with E-state index in [1.54, 1.807) is 11.8 Å². The van der Waals surface area contributed by atoms with Gasteiger partial charge in [0.25, 0.3) is 0 Å². The zero-order chi connectivity index (χ0) is 22.6. The van der Waals surface area contributed by atoms with E-state index in [0.717, 1.165) is 39.2 Å². The van der Waals surface area contributed by atoms with E-state index < -0.39 is 0 Å². The molecule has 0 aliphatic rings. The van der Waals surface area contributed by atoms with Crippen LogP contribution < -0.4 is 9.47 Å². The number of hydrogen-bond donors (Lipinski definition) is 0. The van der Waals surface area contributed by atoms with Gasteiger partial charge in [-0.2, -0.15) is 0 Å². The highest BCUT2D eigenvalue weighted by atomic mass is 32.2.